The van der Waals surface area contributed by atoms with Crippen molar-refractivity contribution in [2.75, 3.05) is 27.2 Å². The van der Waals surface area contributed by atoms with E-state index < -0.39 is 0 Å². The number of hydrogen-bond acceptors (Lipinski definition) is 2. The Morgan fingerprint density at radius 1 is 0.326 bits per heavy atom. The summed E-state index contributed by atoms with van der Waals surface area (Å²) >= 11 is 0. The molecule has 0 fully saturated rings. The summed E-state index contributed by atoms with van der Waals surface area (Å²) in [7, 11) is 4.75. The highest BCUT2D eigenvalue weighted by molar-refractivity contribution is 5.01. The van der Waals surface area contributed by atoms with Crippen LogP contribution in [0, 0.1) is 0 Å². The number of allylic oxidation sites excluding steroid dienone is 4. The van der Waals surface area contributed by atoms with Crippen molar-refractivity contribution in [3.63, 3.8) is 0 Å². The number of rotatable bonds is 37. The maximum atomic E-state index is 2.62. The predicted octanol–water partition coefficient (Wildman–Crippen LogP) is 15.2. The third kappa shape index (κ3) is 30.4. The zero-order chi connectivity index (χ0) is 33.8. The van der Waals surface area contributed by atoms with Gasteiger partial charge in [0.15, 0.2) is 0 Å². The highest BCUT2D eigenvalue weighted by Crippen LogP contribution is 2.20. The average molecular weight is 645 g/mol. The van der Waals surface area contributed by atoms with Crippen molar-refractivity contribution in [2.45, 2.75) is 233 Å². The summed E-state index contributed by atoms with van der Waals surface area (Å²) in [4.78, 5) is 5.25. The first-order valence-corrected chi connectivity index (χ1v) is 21.4. The van der Waals surface area contributed by atoms with Gasteiger partial charge in [0, 0.05) is 38.6 Å². The molecule has 0 unspecified atom stereocenters. The Balaban J connectivity index is 4.58. The number of hydrogen-bond donors (Lipinski definition) is 0. The lowest BCUT2D eigenvalue weighted by atomic mass is 10.0. The molecule has 0 spiro atoms. The summed E-state index contributed by atoms with van der Waals surface area (Å²) in [5.74, 6) is 0. The second kappa shape index (κ2) is 36.9. The van der Waals surface area contributed by atoms with E-state index in [1.165, 1.54) is 219 Å². The molecule has 0 aliphatic rings. The highest BCUT2D eigenvalue weighted by atomic mass is 15.1. The highest BCUT2D eigenvalue weighted by Gasteiger charge is 2.07. The van der Waals surface area contributed by atoms with Crippen LogP contribution in [0.2, 0.25) is 0 Å². The molecule has 0 aromatic carbocycles. The molecule has 2 heteroatoms. The monoisotopic (exact) mass is 645 g/mol. The van der Waals surface area contributed by atoms with Gasteiger partial charge in [-0.15, -0.1) is 0 Å². The molecule has 0 aromatic rings. The standard InChI is InChI=1S/C44H88N2/c1-7-11-15-19-23-27-33-39-43(37-31-25-21-17-13-9-3)45(5)41-35-29-30-36-42-46(6)44(38-32-26-22-18-14-10-4)40-34-28-24-20-16-12-8-2/h39-40H,7-38,41-42H2,1-6H3/b43-39-,44-40-. The minimum Gasteiger partial charge on any atom is -0.378 e. The Kier molecular flexibility index (Phi) is 36.2. The minimum atomic E-state index is 1.23. The second-order valence-corrected chi connectivity index (χ2v) is 14.8. The Hall–Kier alpha value is -0.920. The SMILES string of the molecule is CCCCCCCC/C=C(/CCCCCCCC)N(C)CCCCCCN(C)/C(=C\CCCCCCCC)CCCCCCCC. The summed E-state index contributed by atoms with van der Waals surface area (Å²) in [6, 6.07) is 0. The molecule has 0 saturated carbocycles. The van der Waals surface area contributed by atoms with Crippen molar-refractivity contribution in [1.29, 1.82) is 0 Å². The lowest BCUT2D eigenvalue weighted by molar-refractivity contribution is 0.359. The Bertz CT molecular complexity index is 594. The van der Waals surface area contributed by atoms with Crippen LogP contribution in [0.15, 0.2) is 23.5 Å². The molecule has 0 bridgehead atoms. The van der Waals surface area contributed by atoms with Gasteiger partial charge >= 0.3 is 0 Å². The summed E-state index contributed by atoms with van der Waals surface area (Å²) in [6.07, 6.45) is 49.3. The van der Waals surface area contributed by atoms with Gasteiger partial charge in [-0.1, -0.05) is 181 Å². The molecule has 0 aliphatic heterocycles. The molecule has 46 heavy (non-hydrogen) atoms. The van der Waals surface area contributed by atoms with Crippen LogP contribution in [0.4, 0.5) is 0 Å². The van der Waals surface area contributed by atoms with Crippen LogP contribution in [0.1, 0.15) is 233 Å². The molecule has 0 heterocycles. The van der Waals surface area contributed by atoms with Gasteiger partial charge in [0.2, 0.25) is 0 Å². The van der Waals surface area contributed by atoms with Crippen molar-refractivity contribution >= 4 is 0 Å². The van der Waals surface area contributed by atoms with Crippen molar-refractivity contribution in [3.8, 4) is 0 Å². The van der Waals surface area contributed by atoms with E-state index in [4.69, 9.17) is 0 Å². The maximum Gasteiger partial charge on any atom is 0.0171 e. The van der Waals surface area contributed by atoms with E-state index in [-0.39, 0.29) is 0 Å². The first-order chi connectivity index (χ1) is 22.6. The lowest BCUT2D eigenvalue weighted by Crippen LogP contribution is -2.20. The van der Waals surface area contributed by atoms with Crippen LogP contribution in [0.3, 0.4) is 0 Å². The maximum absolute atomic E-state index is 2.62. The van der Waals surface area contributed by atoms with Gasteiger partial charge in [0.1, 0.15) is 0 Å². The Morgan fingerprint density at radius 2 is 0.587 bits per heavy atom. The van der Waals surface area contributed by atoms with E-state index in [0.29, 0.717) is 0 Å². The van der Waals surface area contributed by atoms with Crippen LogP contribution in [-0.2, 0) is 0 Å². The molecule has 0 aliphatic carbocycles. The van der Waals surface area contributed by atoms with Crippen molar-refractivity contribution in [3.05, 3.63) is 23.5 Å². The molecule has 0 rings (SSSR count). The first kappa shape index (κ1) is 45.1. The molecule has 274 valence electrons. The molecule has 0 saturated heterocycles. The van der Waals surface area contributed by atoms with Crippen LogP contribution in [0.25, 0.3) is 0 Å². The third-order valence-corrected chi connectivity index (χ3v) is 10.2. The van der Waals surface area contributed by atoms with Crippen molar-refractivity contribution in [2.24, 2.45) is 0 Å². The Labute approximate surface area is 293 Å². The van der Waals surface area contributed by atoms with Gasteiger partial charge in [-0.3, -0.25) is 0 Å². The van der Waals surface area contributed by atoms with Gasteiger partial charge in [0.25, 0.3) is 0 Å². The fourth-order valence-corrected chi connectivity index (χ4v) is 6.80. The van der Waals surface area contributed by atoms with Gasteiger partial charge in [-0.2, -0.15) is 0 Å². The molecule has 0 amide bonds. The smallest absolute Gasteiger partial charge is 0.0171 e. The van der Waals surface area contributed by atoms with Crippen LogP contribution < -0.4 is 0 Å². The molecular formula is C44H88N2. The average Bonchev–Trinajstić information content (AvgIpc) is 3.06. The second-order valence-electron chi connectivity index (χ2n) is 14.8. The fraction of sp³-hybridized carbons (Fsp3) is 0.909. The molecular weight excluding hydrogens is 556 g/mol. The van der Waals surface area contributed by atoms with Gasteiger partial charge in [-0.05, 0) is 64.2 Å². The van der Waals surface area contributed by atoms with Gasteiger partial charge < -0.3 is 9.80 Å². The van der Waals surface area contributed by atoms with E-state index in [1.54, 1.807) is 11.4 Å². The largest absolute Gasteiger partial charge is 0.378 e. The van der Waals surface area contributed by atoms with E-state index >= 15 is 0 Å². The van der Waals surface area contributed by atoms with E-state index in [2.05, 4.69) is 63.7 Å². The summed E-state index contributed by atoms with van der Waals surface area (Å²) in [5.41, 5.74) is 3.28. The fourth-order valence-electron chi connectivity index (χ4n) is 6.80. The molecule has 0 atom stereocenters. The van der Waals surface area contributed by atoms with Gasteiger partial charge in [0.05, 0.1) is 0 Å². The van der Waals surface area contributed by atoms with Crippen LogP contribution in [-0.4, -0.2) is 37.0 Å². The van der Waals surface area contributed by atoms with Crippen molar-refractivity contribution in [1.82, 2.24) is 9.80 Å². The minimum absolute atomic E-state index is 1.23. The third-order valence-electron chi connectivity index (χ3n) is 10.2. The lowest BCUT2D eigenvalue weighted by Gasteiger charge is -2.24. The van der Waals surface area contributed by atoms with Crippen LogP contribution in [0.5, 0.6) is 0 Å². The number of nitrogens with zero attached hydrogens (tertiary/aromatic N) is 2. The first-order valence-electron chi connectivity index (χ1n) is 21.4. The summed E-state index contributed by atoms with van der Waals surface area (Å²) in [5, 5.41) is 0. The molecule has 0 radical (unpaired) electrons. The van der Waals surface area contributed by atoms with E-state index in [1.807, 2.05) is 0 Å². The zero-order valence-electron chi connectivity index (χ0n) is 33.1. The topological polar surface area (TPSA) is 6.48 Å². The van der Waals surface area contributed by atoms with Gasteiger partial charge in [-0.25, -0.2) is 0 Å². The molecule has 0 N–H and O–H groups in total. The molecule has 0 aromatic heterocycles. The summed E-state index contributed by atoms with van der Waals surface area (Å²) in [6.45, 7) is 11.7. The van der Waals surface area contributed by atoms with Crippen LogP contribution >= 0.6 is 0 Å². The zero-order valence-corrected chi connectivity index (χ0v) is 33.1. The summed E-state index contributed by atoms with van der Waals surface area (Å²) < 4.78 is 0. The quantitative estimate of drug-likeness (QED) is 0.0621. The molecule has 2 nitrogen and oxygen atoms in total. The predicted molar refractivity (Wildman–Crippen MR) is 212 cm³/mol. The number of unbranched alkanes of at least 4 members (excludes halogenated alkanes) is 25. The Morgan fingerprint density at radius 3 is 0.913 bits per heavy atom. The van der Waals surface area contributed by atoms with E-state index in [0.717, 1.165) is 0 Å². The normalized spacial score (nSPS) is 12.3. The van der Waals surface area contributed by atoms with E-state index in [9.17, 15) is 0 Å². The van der Waals surface area contributed by atoms with Crippen molar-refractivity contribution < 1.29 is 0 Å².